The van der Waals surface area contributed by atoms with E-state index >= 15 is 0 Å². The van der Waals surface area contributed by atoms with Crippen LogP contribution in [0.3, 0.4) is 0 Å². The van der Waals surface area contributed by atoms with E-state index in [0.29, 0.717) is 12.4 Å². The minimum atomic E-state index is -3.50. The van der Waals surface area contributed by atoms with Crippen LogP contribution < -0.4 is 10.0 Å². The Labute approximate surface area is 156 Å². The zero-order valence-corrected chi connectivity index (χ0v) is 15.3. The average Bonchev–Trinajstić information content (AvgIpc) is 3.02. The zero-order valence-electron chi connectivity index (χ0n) is 14.5. The van der Waals surface area contributed by atoms with Crippen LogP contribution in [0.2, 0.25) is 0 Å². The predicted octanol–water partition coefficient (Wildman–Crippen LogP) is 2.94. The van der Waals surface area contributed by atoms with Crippen LogP contribution in [-0.2, 0) is 10.0 Å². The highest BCUT2D eigenvalue weighted by Gasteiger charge is 2.31. The number of hydrogen-bond donors (Lipinski definition) is 2. The van der Waals surface area contributed by atoms with Crippen molar-refractivity contribution in [3.05, 3.63) is 71.5 Å². The van der Waals surface area contributed by atoms with E-state index in [1.54, 1.807) is 16.8 Å². The molecule has 27 heavy (non-hydrogen) atoms. The van der Waals surface area contributed by atoms with Crippen LogP contribution in [0.4, 0.5) is 16.3 Å². The molecular weight excluding hydrogens is 369 g/mol. The standard InChI is InChI=1S/C18H18FN5O2S/c1-27(25,26)23-17-21-18-20-15(12-5-3-2-4-6-12)11-16(24(18)22-17)13-7-9-14(19)10-8-13/h2-10,15-16H,11H2,1H3,(H2,20,21,22,23)/t15-,16+/m1/s1. The molecule has 0 bridgehead atoms. The van der Waals surface area contributed by atoms with Crippen molar-refractivity contribution in [1.82, 2.24) is 14.8 Å². The van der Waals surface area contributed by atoms with Crippen LogP contribution in [0, 0.1) is 5.82 Å². The maximum atomic E-state index is 13.4. The molecule has 0 spiro atoms. The van der Waals surface area contributed by atoms with Crippen LogP contribution in [0.25, 0.3) is 0 Å². The van der Waals surface area contributed by atoms with Gasteiger partial charge in [-0.3, -0.25) is 4.72 Å². The number of anilines is 2. The van der Waals surface area contributed by atoms with Crippen LogP contribution >= 0.6 is 0 Å². The molecule has 0 unspecified atom stereocenters. The van der Waals surface area contributed by atoms with E-state index in [4.69, 9.17) is 0 Å². The molecule has 0 radical (unpaired) electrons. The van der Waals surface area contributed by atoms with Gasteiger partial charge in [0.2, 0.25) is 16.0 Å². The number of sulfonamides is 1. The number of hydrogen-bond acceptors (Lipinski definition) is 5. The Kier molecular flexibility index (Phi) is 4.31. The van der Waals surface area contributed by atoms with E-state index in [1.807, 2.05) is 30.3 Å². The SMILES string of the molecule is CS(=O)(=O)Nc1nc2n(n1)[C@H](c1ccc(F)cc1)C[C@H](c1ccccc1)N2. The highest BCUT2D eigenvalue weighted by atomic mass is 32.2. The topological polar surface area (TPSA) is 88.9 Å². The Hall–Kier alpha value is -2.94. The minimum Gasteiger partial charge on any atom is -0.347 e. The average molecular weight is 387 g/mol. The second-order valence-electron chi connectivity index (χ2n) is 6.49. The lowest BCUT2D eigenvalue weighted by Crippen LogP contribution is -2.28. The summed E-state index contributed by atoms with van der Waals surface area (Å²) in [5, 5.41) is 7.61. The van der Waals surface area contributed by atoms with Crippen molar-refractivity contribution < 1.29 is 12.8 Å². The summed E-state index contributed by atoms with van der Waals surface area (Å²) in [7, 11) is -3.50. The molecule has 2 atom stereocenters. The summed E-state index contributed by atoms with van der Waals surface area (Å²) < 4.78 is 40.4. The van der Waals surface area contributed by atoms with Crippen LogP contribution in [0.15, 0.2) is 54.6 Å². The third-order valence-corrected chi connectivity index (χ3v) is 4.98. The first kappa shape index (κ1) is 17.5. The van der Waals surface area contributed by atoms with Gasteiger partial charge in [-0.1, -0.05) is 42.5 Å². The van der Waals surface area contributed by atoms with Gasteiger partial charge in [0.15, 0.2) is 0 Å². The molecule has 2 aromatic carbocycles. The first-order valence-electron chi connectivity index (χ1n) is 8.40. The largest absolute Gasteiger partial charge is 0.347 e. The summed E-state index contributed by atoms with van der Waals surface area (Å²) >= 11 is 0. The maximum Gasteiger partial charge on any atom is 0.257 e. The van der Waals surface area contributed by atoms with Crippen LogP contribution in [0.5, 0.6) is 0 Å². The van der Waals surface area contributed by atoms with E-state index in [9.17, 15) is 12.8 Å². The fourth-order valence-corrected chi connectivity index (χ4v) is 3.67. The molecule has 0 fully saturated rings. The molecular formula is C18H18FN5O2S. The number of nitrogens with one attached hydrogen (secondary N) is 2. The van der Waals surface area contributed by atoms with Gasteiger partial charge >= 0.3 is 0 Å². The Morgan fingerprint density at radius 3 is 2.48 bits per heavy atom. The van der Waals surface area contributed by atoms with Crippen molar-refractivity contribution in [2.45, 2.75) is 18.5 Å². The van der Waals surface area contributed by atoms with E-state index in [2.05, 4.69) is 20.1 Å². The molecule has 1 aliphatic rings. The van der Waals surface area contributed by atoms with Crippen molar-refractivity contribution in [1.29, 1.82) is 0 Å². The van der Waals surface area contributed by atoms with Crippen LogP contribution in [-0.4, -0.2) is 29.4 Å². The first-order valence-corrected chi connectivity index (χ1v) is 10.3. The number of nitrogens with zero attached hydrogens (tertiary/aromatic N) is 3. The Morgan fingerprint density at radius 2 is 1.81 bits per heavy atom. The molecule has 0 amide bonds. The van der Waals surface area contributed by atoms with E-state index in [-0.39, 0.29) is 23.8 Å². The summed E-state index contributed by atoms with van der Waals surface area (Å²) in [5.41, 5.74) is 1.95. The molecule has 3 aromatic rings. The van der Waals surface area contributed by atoms with Crippen LogP contribution in [0.1, 0.15) is 29.6 Å². The van der Waals surface area contributed by atoms with E-state index < -0.39 is 10.0 Å². The van der Waals surface area contributed by atoms with Gasteiger partial charge in [-0.05, 0) is 29.7 Å². The fourth-order valence-electron chi connectivity index (χ4n) is 3.25. The highest BCUT2D eigenvalue weighted by molar-refractivity contribution is 7.91. The van der Waals surface area contributed by atoms with Gasteiger partial charge in [0.25, 0.3) is 5.95 Å². The smallest absolute Gasteiger partial charge is 0.257 e. The number of aromatic nitrogens is 3. The summed E-state index contributed by atoms with van der Waals surface area (Å²) in [6.45, 7) is 0. The third kappa shape index (κ3) is 3.77. The first-order chi connectivity index (χ1) is 12.9. The van der Waals surface area contributed by atoms with Gasteiger partial charge in [0.05, 0.1) is 18.3 Å². The lowest BCUT2D eigenvalue weighted by Gasteiger charge is -2.31. The molecule has 1 aromatic heterocycles. The van der Waals surface area contributed by atoms with Crippen molar-refractivity contribution in [3.63, 3.8) is 0 Å². The summed E-state index contributed by atoms with van der Waals surface area (Å²) in [5.74, 6) is 0.141. The van der Waals surface area contributed by atoms with Crippen molar-refractivity contribution >= 4 is 21.9 Å². The van der Waals surface area contributed by atoms with Gasteiger partial charge in [0, 0.05) is 0 Å². The molecule has 2 N–H and O–H groups in total. The molecule has 1 aliphatic heterocycles. The molecule has 4 rings (SSSR count). The van der Waals surface area contributed by atoms with Gasteiger partial charge in [0.1, 0.15) is 5.82 Å². The van der Waals surface area contributed by atoms with E-state index in [0.717, 1.165) is 17.4 Å². The molecule has 7 nitrogen and oxygen atoms in total. The van der Waals surface area contributed by atoms with Gasteiger partial charge in [-0.2, -0.15) is 4.98 Å². The number of halogens is 1. The maximum absolute atomic E-state index is 13.4. The second kappa shape index (κ2) is 6.66. The summed E-state index contributed by atoms with van der Waals surface area (Å²) in [6.07, 6.45) is 1.70. The number of fused-ring (bicyclic) bond motifs is 1. The number of rotatable bonds is 4. The van der Waals surface area contributed by atoms with E-state index in [1.165, 1.54) is 12.1 Å². The lowest BCUT2D eigenvalue weighted by molar-refractivity contribution is 0.431. The molecule has 140 valence electrons. The van der Waals surface area contributed by atoms with Gasteiger partial charge in [-0.25, -0.2) is 17.5 Å². The second-order valence-corrected chi connectivity index (χ2v) is 8.24. The quantitative estimate of drug-likeness (QED) is 0.719. The Bertz CT molecular complexity index is 1050. The summed E-state index contributed by atoms with van der Waals surface area (Å²) in [6, 6.07) is 15.9. The monoisotopic (exact) mass is 387 g/mol. The Morgan fingerprint density at radius 1 is 1.11 bits per heavy atom. The minimum absolute atomic E-state index is 0.000762. The molecule has 0 aliphatic carbocycles. The molecule has 0 saturated heterocycles. The third-order valence-electron chi connectivity index (χ3n) is 4.42. The molecule has 9 heteroatoms. The van der Waals surface area contributed by atoms with Crippen molar-refractivity contribution in [2.75, 3.05) is 16.3 Å². The summed E-state index contributed by atoms with van der Waals surface area (Å²) in [4.78, 5) is 4.28. The predicted molar refractivity (Wildman–Crippen MR) is 100 cm³/mol. The van der Waals surface area contributed by atoms with Crippen molar-refractivity contribution in [3.8, 4) is 0 Å². The zero-order chi connectivity index (χ0) is 19.0. The normalized spacial score (nSPS) is 19.2. The van der Waals surface area contributed by atoms with Gasteiger partial charge < -0.3 is 5.32 Å². The van der Waals surface area contributed by atoms with Gasteiger partial charge in [-0.15, -0.1) is 5.10 Å². The lowest BCUT2D eigenvalue weighted by atomic mass is 9.93. The highest BCUT2D eigenvalue weighted by Crippen LogP contribution is 2.38. The Balaban J connectivity index is 1.76. The molecule has 2 heterocycles. The fraction of sp³-hybridized carbons (Fsp3) is 0.222. The number of benzene rings is 2. The molecule has 0 saturated carbocycles. The van der Waals surface area contributed by atoms with Crippen molar-refractivity contribution in [2.24, 2.45) is 0 Å².